The molecule has 6 heteroatoms. The number of benzene rings is 1. The molecule has 2 N–H and O–H groups in total. The van der Waals surface area contributed by atoms with Crippen LogP contribution in [0, 0.1) is 18.3 Å². The maximum Gasteiger partial charge on any atom is 0.319 e. The van der Waals surface area contributed by atoms with Crippen LogP contribution in [0.4, 0.5) is 10.5 Å². The Morgan fingerprint density at radius 1 is 1.28 bits per heavy atom. The molecule has 1 atom stereocenters. The molecule has 2 amide bonds. The first-order valence-corrected chi connectivity index (χ1v) is 8.69. The summed E-state index contributed by atoms with van der Waals surface area (Å²) in [5, 5.41) is 5.76. The van der Waals surface area contributed by atoms with Gasteiger partial charge in [0.2, 0.25) is 0 Å². The molecule has 0 spiro atoms. The van der Waals surface area contributed by atoms with Gasteiger partial charge >= 0.3 is 6.03 Å². The van der Waals surface area contributed by atoms with Gasteiger partial charge in [-0.15, -0.1) is 6.42 Å². The summed E-state index contributed by atoms with van der Waals surface area (Å²) in [6.45, 7) is 8.48. The number of piperazine rings is 1. The molecule has 0 saturated carbocycles. The maximum absolute atomic E-state index is 12.0. The van der Waals surface area contributed by atoms with Crippen molar-refractivity contribution in [1.29, 1.82) is 0 Å². The van der Waals surface area contributed by atoms with Gasteiger partial charge in [0.25, 0.3) is 0 Å². The third-order valence-electron chi connectivity index (χ3n) is 4.21. The lowest BCUT2D eigenvalue weighted by molar-refractivity contribution is 0.138. The minimum Gasteiger partial charge on any atom is -0.481 e. The van der Waals surface area contributed by atoms with Gasteiger partial charge in [-0.2, -0.15) is 0 Å². The average Bonchev–Trinajstić information content (AvgIpc) is 2.61. The van der Waals surface area contributed by atoms with E-state index in [1.165, 1.54) is 0 Å². The van der Waals surface area contributed by atoms with Crippen molar-refractivity contribution >= 4 is 11.7 Å². The molecule has 1 aliphatic heterocycles. The van der Waals surface area contributed by atoms with Crippen molar-refractivity contribution in [3.63, 3.8) is 0 Å². The summed E-state index contributed by atoms with van der Waals surface area (Å²) in [7, 11) is 2.15. The molecule has 136 valence electrons. The molecule has 1 saturated heterocycles. The molecule has 1 heterocycles. The van der Waals surface area contributed by atoms with E-state index in [0.29, 0.717) is 18.2 Å². The minimum atomic E-state index is -0.192. The van der Waals surface area contributed by atoms with Crippen molar-refractivity contribution in [3.8, 4) is 18.1 Å². The molecule has 0 bridgehead atoms. The quantitative estimate of drug-likeness (QED) is 0.740. The predicted octanol–water partition coefficient (Wildman–Crippen LogP) is 1.70. The lowest BCUT2D eigenvalue weighted by Crippen LogP contribution is -2.47. The number of rotatable bonds is 7. The summed E-state index contributed by atoms with van der Waals surface area (Å²) < 4.78 is 5.30. The lowest BCUT2D eigenvalue weighted by Gasteiger charge is -2.33. The highest BCUT2D eigenvalue weighted by Crippen LogP contribution is 2.15. The molecule has 6 nitrogen and oxygen atoms in total. The van der Waals surface area contributed by atoms with Gasteiger partial charge in [0.15, 0.2) is 0 Å². The van der Waals surface area contributed by atoms with Crippen molar-refractivity contribution in [2.24, 2.45) is 5.92 Å². The lowest BCUT2D eigenvalue weighted by atomic mass is 10.1. The Morgan fingerprint density at radius 2 is 1.96 bits per heavy atom. The van der Waals surface area contributed by atoms with Gasteiger partial charge in [0.05, 0.1) is 0 Å². The Morgan fingerprint density at radius 3 is 2.60 bits per heavy atom. The summed E-state index contributed by atoms with van der Waals surface area (Å²) in [4.78, 5) is 16.8. The molecule has 1 aliphatic rings. The maximum atomic E-state index is 12.0. The smallest absolute Gasteiger partial charge is 0.319 e. The van der Waals surface area contributed by atoms with Gasteiger partial charge in [-0.25, -0.2) is 4.79 Å². The fourth-order valence-corrected chi connectivity index (χ4v) is 2.74. The first kappa shape index (κ1) is 19.1. The second kappa shape index (κ2) is 9.92. The molecule has 1 unspecified atom stereocenters. The summed E-state index contributed by atoms with van der Waals surface area (Å²) in [6, 6.07) is 6.95. The standard InChI is InChI=1S/C19H28N4O2/c1-4-13-25-18-7-5-17(6-8-18)21-19(24)20-14-16(2)15-23-11-9-22(3)10-12-23/h1,5-8,16H,9-15H2,2-3H3,(H2,20,21,24). The van der Waals surface area contributed by atoms with E-state index in [-0.39, 0.29) is 12.6 Å². The van der Waals surface area contributed by atoms with E-state index in [4.69, 9.17) is 11.2 Å². The van der Waals surface area contributed by atoms with Crippen molar-refractivity contribution in [2.45, 2.75) is 6.92 Å². The van der Waals surface area contributed by atoms with E-state index in [2.05, 4.69) is 40.3 Å². The van der Waals surface area contributed by atoms with E-state index in [1.54, 1.807) is 24.3 Å². The molecule has 2 rings (SSSR count). The predicted molar refractivity (Wildman–Crippen MR) is 101 cm³/mol. The zero-order chi connectivity index (χ0) is 18.1. The fourth-order valence-electron chi connectivity index (χ4n) is 2.74. The van der Waals surface area contributed by atoms with Crippen LogP contribution >= 0.6 is 0 Å². The van der Waals surface area contributed by atoms with Gasteiger partial charge in [-0.05, 0) is 37.2 Å². The molecule has 25 heavy (non-hydrogen) atoms. The number of hydrogen-bond donors (Lipinski definition) is 2. The van der Waals surface area contributed by atoms with Crippen LogP contribution in [0.15, 0.2) is 24.3 Å². The van der Waals surface area contributed by atoms with Gasteiger partial charge in [-0.3, -0.25) is 0 Å². The Balaban J connectivity index is 1.67. The van der Waals surface area contributed by atoms with Gasteiger partial charge in [0, 0.05) is 45.0 Å². The normalized spacial score (nSPS) is 16.7. The number of nitrogens with one attached hydrogen (secondary N) is 2. The molecule has 1 aromatic rings. The molecule has 1 aromatic carbocycles. The largest absolute Gasteiger partial charge is 0.481 e. The zero-order valence-electron chi connectivity index (χ0n) is 15.1. The monoisotopic (exact) mass is 344 g/mol. The van der Waals surface area contributed by atoms with Crippen LogP contribution in [0.25, 0.3) is 0 Å². The van der Waals surface area contributed by atoms with Gasteiger partial charge < -0.3 is 25.2 Å². The number of terminal acetylenes is 1. The van der Waals surface area contributed by atoms with Gasteiger partial charge in [0.1, 0.15) is 12.4 Å². The molecule has 1 fully saturated rings. The number of nitrogens with zero attached hydrogens (tertiary/aromatic N) is 2. The molecule has 0 aliphatic carbocycles. The van der Waals surface area contributed by atoms with Crippen molar-refractivity contribution in [3.05, 3.63) is 24.3 Å². The molecular weight excluding hydrogens is 316 g/mol. The summed E-state index contributed by atoms with van der Waals surface area (Å²) >= 11 is 0. The molecular formula is C19H28N4O2. The van der Waals surface area contributed by atoms with Crippen LogP contribution in [0.2, 0.25) is 0 Å². The number of urea groups is 1. The van der Waals surface area contributed by atoms with Crippen molar-refractivity contribution in [1.82, 2.24) is 15.1 Å². The third-order valence-corrected chi connectivity index (χ3v) is 4.21. The first-order valence-electron chi connectivity index (χ1n) is 8.69. The van der Waals surface area contributed by atoms with Crippen LogP contribution in [-0.4, -0.2) is 68.8 Å². The Kier molecular flexibility index (Phi) is 7.58. The number of carbonyl (C=O) groups excluding carboxylic acids is 1. The van der Waals surface area contributed by atoms with Crippen molar-refractivity contribution in [2.75, 3.05) is 58.2 Å². The number of anilines is 1. The Bertz CT molecular complexity index is 574. The Hall–Kier alpha value is -2.23. The average molecular weight is 344 g/mol. The van der Waals surface area contributed by atoms with Gasteiger partial charge in [-0.1, -0.05) is 12.8 Å². The highest BCUT2D eigenvalue weighted by Gasteiger charge is 2.16. The first-order chi connectivity index (χ1) is 12.1. The summed E-state index contributed by atoms with van der Waals surface area (Å²) in [6.07, 6.45) is 5.15. The molecule has 0 aromatic heterocycles. The van der Waals surface area contributed by atoms with Crippen LogP contribution in [0.1, 0.15) is 6.92 Å². The van der Waals surface area contributed by atoms with Crippen LogP contribution < -0.4 is 15.4 Å². The second-order valence-corrected chi connectivity index (χ2v) is 6.56. The number of amides is 2. The van der Waals surface area contributed by atoms with Crippen LogP contribution in [0.3, 0.4) is 0 Å². The molecule has 0 radical (unpaired) electrons. The van der Waals surface area contributed by atoms with E-state index >= 15 is 0 Å². The van der Waals surface area contributed by atoms with E-state index in [1.807, 2.05) is 0 Å². The minimum absolute atomic E-state index is 0.192. The van der Waals surface area contributed by atoms with Crippen LogP contribution in [-0.2, 0) is 0 Å². The number of carbonyl (C=O) groups is 1. The fraction of sp³-hybridized carbons (Fsp3) is 0.526. The number of hydrogen-bond acceptors (Lipinski definition) is 4. The second-order valence-electron chi connectivity index (χ2n) is 6.56. The highest BCUT2D eigenvalue weighted by atomic mass is 16.5. The SMILES string of the molecule is C#CCOc1ccc(NC(=O)NCC(C)CN2CCN(C)CC2)cc1. The van der Waals surface area contributed by atoms with Crippen LogP contribution in [0.5, 0.6) is 5.75 Å². The Labute approximate surface area is 150 Å². The van der Waals surface area contributed by atoms with E-state index in [9.17, 15) is 4.79 Å². The summed E-state index contributed by atoms with van der Waals surface area (Å²) in [5.41, 5.74) is 0.720. The number of likely N-dealkylation sites (N-methyl/N-ethyl adjacent to an activating group) is 1. The van der Waals surface area contributed by atoms with Crippen molar-refractivity contribution < 1.29 is 9.53 Å². The summed E-state index contributed by atoms with van der Waals surface area (Å²) in [5.74, 6) is 3.51. The number of ether oxygens (including phenoxy) is 1. The van der Waals surface area contributed by atoms with E-state index < -0.39 is 0 Å². The topological polar surface area (TPSA) is 56.8 Å². The third kappa shape index (κ3) is 7.04. The van der Waals surface area contributed by atoms with E-state index in [0.717, 1.165) is 38.4 Å². The highest BCUT2D eigenvalue weighted by molar-refractivity contribution is 5.89. The zero-order valence-corrected chi connectivity index (χ0v) is 15.1.